The molecule has 0 aliphatic heterocycles. The fraction of sp³-hybridized carbons (Fsp3) is 0.929. The monoisotopic (exact) mass is 265 g/mol. The molecule has 0 saturated heterocycles. The lowest BCUT2D eigenvalue weighted by Gasteiger charge is -2.23. The number of nitrogens with one attached hydrogen (secondary N) is 1. The lowest BCUT2D eigenvalue weighted by molar-refractivity contribution is 0.311. The largest absolute Gasteiger partial charge is 0.316 e. The van der Waals surface area contributed by atoms with Crippen LogP contribution in [0.5, 0.6) is 0 Å². The van der Waals surface area contributed by atoms with E-state index in [1.54, 1.807) is 4.80 Å². The molecule has 0 amide bonds. The van der Waals surface area contributed by atoms with Gasteiger partial charge in [-0.15, -0.1) is 10.2 Å². The van der Waals surface area contributed by atoms with Crippen molar-refractivity contribution >= 4 is 0 Å². The highest BCUT2D eigenvalue weighted by Gasteiger charge is 2.26. The van der Waals surface area contributed by atoms with E-state index in [1.807, 2.05) is 7.05 Å². The second-order valence-electron chi connectivity index (χ2n) is 6.26. The van der Waals surface area contributed by atoms with Crippen LogP contribution < -0.4 is 5.32 Å². The molecule has 1 N–H and O–H groups in total. The molecule has 1 aromatic heterocycles. The summed E-state index contributed by atoms with van der Waals surface area (Å²) in [4.78, 5) is 1.56. The van der Waals surface area contributed by atoms with E-state index >= 15 is 0 Å². The summed E-state index contributed by atoms with van der Waals surface area (Å²) in [5, 5.41) is 16.0. The summed E-state index contributed by atoms with van der Waals surface area (Å²) in [7, 11) is 1.83. The first-order valence-corrected chi connectivity index (χ1v) is 7.58. The average Bonchev–Trinajstić information content (AvgIpc) is 2.98. The van der Waals surface area contributed by atoms with Gasteiger partial charge in [0.05, 0.1) is 7.05 Å². The van der Waals surface area contributed by atoms with Gasteiger partial charge in [0, 0.05) is 6.42 Å². The molecule has 1 aliphatic carbocycles. The molecule has 1 aromatic rings. The molecule has 1 atom stereocenters. The van der Waals surface area contributed by atoms with Crippen LogP contribution in [0.25, 0.3) is 0 Å². The highest BCUT2D eigenvalue weighted by Crippen LogP contribution is 2.32. The van der Waals surface area contributed by atoms with E-state index in [1.165, 1.54) is 25.7 Å². The summed E-state index contributed by atoms with van der Waals surface area (Å²) in [6.45, 7) is 6.68. The zero-order valence-electron chi connectivity index (χ0n) is 12.5. The Morgan fingerprint density at radius 3 is 2.58 bits per heavy atom. The van der Waals surface area contributed by atoms with Gasteiger partial charge in [0.1, 0.15) is 0 Å². The van der Waals surface area contributed by atoms with E-state index < -0.39 is 0 Å². The molecule has 1 aliphatic rings. The van der Waals surface area contributed by atoms with Crippen molar-refractivity contribution < 1.29 is 0 Å². The zero-order chi connectivity index (χ0) is 13.7. The van der Waals surface area contributed by atoms with Gasteiger partial charge in [0.25, 0.3) is 0 Å². The zero-order valence-corrected chi connectivity index (χ0v) is 12.5. The van der Waals surface area contributed by atoms with E-state index in [9.17, 15) is 0 Å². The van der Waals surface area contributed by atoms with Gasteiger partial charge in [-0.3, -0.25) is 0 Å². The van der Waals surface area contributed by atoms with E-state index in [4.69, 9.17) is 0 Å². The molecule has 1 fully saturated rings. The van der Waals surface area contributed by atoms with Crippen molar-refractivity contribution in [1.82, 2.24) is 25.5 Å². The number of nitrogens with zero attached hydrogens (tertiary/aromatic N) is 4. The maximum atomic E-state index is 4.33. The third-order valence-electron chi connectivity index (χ3n) is 4.02. The van der Waals surface area contributed by atoms with Crippen LogP contribution >= 0.6 is 0 Å². The lowest BCUT2D eigenvalue weighted by atomic mass is 9.87. The van der Waals surface area contributed by atoms with Gasteiger partial charge in [-0.2, -0.15) is 4.80 Å². The predicted molar refractivity (Wildman–Crippen MR) is 75.7 cm³/mol. The number of tetrazole rings is 1. The molecule has 5 heteroatoms. The highest BCUT2D eigenvalue weighted by molar-refractivity contribution is 4.87. The maximum Gasteiger partial charge on any atom is 0.175 e. The fourth-order valence-corrected chi connectivity index (χ4v) is 3.03. The summed E-state index contributed by atoms with van der Waals surface area (Å²) >= 11 is 0. The lowest BCUT2D eigenvalue weighted by Crippen LogP contribution is -2.31. The average molecular weight is 265 g/mol. The van der Waals surface area contributed by atoms with Crippen molar-refractivity contribution in [2.75, 3.05) is 13.1 Å². The SMILES string of the molecule is CC(C)CNCC(Cc1nnn(C)n1)C1CCCC1. The minimum absolute atomic E-state index is 0.658. The first-order valence-electron chi connectivity index (χ1n) is 7.58. The quantitative estimate of drug-likeness (QED) is 0.817. The molecule has 0 radical (unpaired) electrons. The molecular weight excluding hydrogens is 238 g/mol. The van der Waals surface area contributed by atoms with Crippen LogP contribution in [0.15, 0.2) is 0 Å². The van der Waals surface area contributed by atoms with E-state index in [0.717, 1.165) is 31.3 Å². The first-order chi connectivity index (χ1) is 9.15. The molecule has 19 heavy (non-hydrogen) atoms. The summed E-state index contributed by atoms with van der Waals surface area (Å²) in [6.07, 6.45) is 6.48. The Bertz CT molecular complexity index is 368. The number of hydrogen-bond donors (Lipinski definition) is 1. The fourth-order valence-electron chi connectivity index (χ4n) is 3.03. The number of aryl methyl sites for hydroxylation is 1. The van der Waals surface area contributed by atoms with Gasteiger partial charge in [0.2, 0.25) is 0 Å². The Morgan fingerprint density at radius 1 is 1.26 bits per heavy atom. The Kier molecular flexibility index (Phi) is 5.31. The minimum Gasteiger partial charge on any atom is -0.316 e. The molecule has 1 unspecified atom stereocenters. The van der Waals surface area contributed by atoms with Crippen LogP contribution in [0, 0.1) is 17.8 Å². The van der Waals surface area contributed by atoms with Gasteiger partial charge in [-0.1, -0.05) is 39.5 Å². The Hall–Kier alpha value is -0.970. The van der Waals surface area contributed by atoms with Crippen LogP contribution in [-0.4, -0.2) is 33.3 Å². The second kappa shape index (κ2) is 6.98. The number of aromatic nitrogens is 4. The van der Waals surface area contributed by atoms with Crippen LogP contribution in [0.2, 0.25) is 0 Å². The standard InChI is InChI=1S/C14H27N5/c1-11(2)9-15-10-13(12-6-4-5-7-12)8-14-16-18-19(3)17-14/h11-13,15H,4-10H2,1-3H3. The number of rotatable bonds is 7. The summed E-state index contributed by atoms with van der Waals surface area (Å²) in [5.41, 5.74) is 0. The molecule has 0 aromatic carbocycles. The van der Waals surface area contributed by atoms with Crippen molar-refractivity contribution in [2.24, 2.45) is 24.8 Å². The summed E-state index contributed by atoms with van der Waals surface area (Å²) in [6, 6.07) is 0. The van der Waals surface area contributed by atoms with Crippen molar-refractivity contribution in [3.63, 3.8) is 0 Å². The molecule has 2 rings (SSSR count). The van der Waals surface area contributed by atoms with Crippen molar-refractivity contribution in [3.8, 4) is 0 Å². The first kappa shape index (κ1) is 14.4. The molecule has 5 nitrogen and oxygen atoms in total. The molecule has 1 heterocycles. The van der Waals surface area contributed by atoms with Crippen LogP contribution in [-0.2, 0) is 13.5 Å². The van der Waals surface area contributed by atoms with Crippen LogP contribution in [0.4, 0.5) is 0 Å². The smallest absolute Gasteiger partial charge is 0.175 e. The van der Waals surface area contributed by atoms with Gasteiger partial charge in [-0.25, -0.2) is 0 Å². The summed E-state index contributed by atoms with van der Waals surface area (Å²) < 4.78 is 0. The van der Waals surface area contributed by atoms with Gasteiger partial charge < -0.3 is 5.32 Å². The Balaban J connectivity index is 1.89. The topological polar surface area (TPSA) is 55.6 Å². The molecule has 0 spiro atoms. The Morgan fingerprint density at radius 2 is 2.00 bits per heavy atom. The molecular formula is C14H27N5. The second-order valence-corrected chi connectivity index (χ2v) is 6.26. The molecule has 1 saturated carbocycles. The van der Waals surface area contributed by atoms with E-state index in [-0.39, 0.29) is 0 Å². The van der Waals surface area contributed by atoms with E-state index in [2.05, 4.69) is 34.6 Å². The molecule has 108 valence electrons. The molecule has 0 bridgehead atoms. The Labute approximate surface area is 116 Å². The third-order valence-corrected chi connectivity index (χ3v) is 4.02. The predicted octanol–water partition coefficient (Wildman–Crippen LogP) is 1.80. The van der Waals surface area contributed by atoms with Crippen molar-refractivity contribution in [2.45, 2.75) is 46.0 Å². The normalized spacial score (nSPS) is 18.3. The van der Waals surface area contributed by atoms with Gasteiger partial charge in [0.15, 0.2) is 5.82 Å². The number of hydrogen-bond acceptors (Lipinski definition) is 4. The summed E-state index contributed by atoms with van der Waals surface area (Å²) in [5.74, 6) is 3.10. The van der Waals surface area contributed by atoms with Gasteiger partial charge >= 0.3 is 0 Å². The minimum atomic E-state index is 0.658. The highest BCUT2D eigenvalue weighted by atomic mass is 15.6. The van der Waals surface area contributed by atoms with Crippen molar-refractivity contribution in [3.05, 3.63) is 5.82 Å². The van der Waals surface area contributed by atoms with Crippen LogP contribution in [0.3, 0.4) is 0 Å². The van der Waals surface area contributed by atoms with E-state index in [0.29, 0.717) is 11.8 Å². The van der Waals surface area contributed by atoms with Crippen LogP contribution in [0.1, 0.15) is 45.4 Å². The van der Waals surface area contributed by atoms with Crippen molar-refractivity contribution in [1.29, 1.82) is 0 Å². The maximum absolute atomic E-state index is 4.33. The van der Waals surface area contributed by atoms with Gasteiger partial charge in [-0.05, 0) is 36.1 Å². The third kappa shape index (κ3) is 4.56.